The molecule has 0 saturated heterocycles. The smallest absolute Gasteiger partial charge is 0.121 e. The van der Waals surface area contributed by atoms with Gasteiger partial charge in [-0.25, -0.2) is 0 Å². The lowest BCUT2D eigenvalue weighted by molar-refractivity contribution is 0.0442. The minimum Gasteiger partial charge on any atom is -0.507 e. The quantitative estimate of drug-likeness (QED) is 0.753. The van der Waals surface area contributed by atoms with Gasteiger partial charge in [-0.2, -0.15) is 0 Å². The normalized spacial score (nSPS) is 15.5. The molecule has 0 amide bonds. The minimum absolute atomic E-state index is 0.127. The summed E-state index contributed by atoms with van der Waals surface area (Å²) >= 11 is 0. The predicted molar refractivity (Wildman–Crippen MR) is 94.7 cm³/mol. The molecule has 0 fully saturated rings. The van der Waals surface area contributed by atoms with E-state index in [2.05, 4.69) is 48.5 Å². The van der Waals surface area contributed by atoms with Crippen molar-refractivity contribution in [1.29, 1.82) is 0 Å². The van der Waals surface area contributed by atoms with Crippen LogP contribution in [0.3, 0.4) is 0 Å². The maximum atomic E-state index is 9.90. The summed E-state index contributed by atoms with van der Waals surface area (Å²) in [7, 11) is 0. The highest BCUT2D eigenvalue weighted by Gasteiger charge is 2.34. The number of phenolic OH excluding ortho intramolecular Hbond substituents is 1. The fraction of sp³-hybridized carbons (Fsp3) is 0.700. The summed E-state index contributed by atoms with van der Waals surface area (Å²) in [5.74, 6) is 1.67. The molecule has 1 N–H and O–H groups in total. The van der Waals surface area contributed by atoms with Crippen molar-refractivity contribution in [2.24, 2.45) is 16.7 Å². The summed E-state index contributed by atoms with van der Waals surface area (Å²) in [5.41, 5.74) is 2.19. The lowest BCUT2D eigenvalue weighted by atomic mass is 9.70. The first-order valence-corrected chi connectivity index (χ1v) is 8.28. The van der Waals surface area contributed by atoms with Crippen LogP contribution in [-0.4, -0.2) is 11.2 Å². The SMILES string of the molecule is Cc1cc(OC(C)C(CC(C)(C)C)C(C)(C)C)cc(C)c1O. The Morgan fingerprint density at radius 1 is 1.00 bits per heavy atom. The third-order valence-corrected chi connectivity index (χ3v) is 4.30. The van der Waals surface area contributed by atoms with E-state index in [-0.39, 0.29) is 16.9 Å². The second-order valence-corrected chi connectivity index (χ2v) is 8.97. The molecule has 1 aromatic rings. The van der Waals surface area contributed by atoms with Crippen LogP contribution in [-0.2, 0) is 0 Å². The molecule has 2 nitrogen and oxygen atoms in total. The van der Waals surface area contributed by atoms with E-state index >= 15 is 0 Å². The lowest BCUT2D eigenvalue weighted by Gasteiger charge is -2.39. The third kappa shape index (κ3) is 5.23. The van der Waals surface area contributed by atoms with Gasteiger partial charge in [0.25, 0.3) is 0 Å². The molecule has 1 aromatic carbocycles. The fourth-order valence-corrected chi connectivity index (χ4v) is 3.12. The highest BCUT2D eigenvalue weighted by atomic mass is 16.5. The van der Waals surface area contributed by atoms with Crippen LogP contribution >= 0.6 is 0 Å². The average Bonchev–Trinajstić information content (AvgIpc) is 2.30. The number of ether oxygens (including phenoxy) is 1. The summed E-state index contributed by atoms with van der Waals surface area (Å²) in [6, 6.07) is 3.85. The number of benzene rings is 1. The number of aromatic hydroxyl groups is 1. The van der Waals surface area contributed by atoms with Gasteiger partial charge in [0.05, 0.1) is 6.10 Å². The number of aryl methyl sites for hydroxylation is 2. The Hall–Kier alpha value is -1.18. The van der Waals surface area contributed by atoms with E-state index in [0.29, 0.717) is 11.7 Å². The van der Waals surface area contributed by atoms with Gasteiger partial charge in [-0.05, 0) is 61.3 Å². The molecular formula is C20H34O2. The van der Waals surface area contributed by atoms with E-state index in [4.69, 9.17) is 4.74 Å². The highest BCUT2D eigenvalue weighted by Crippen LogP contribution is 2.39. The van der Waals surface area contributed by atoms with Gasteiger partial charge in [0, 0.05) is 5.92 Å². The van der Waals surface area contributed by atoms with Gasteiger partial charge in [-0.15, -0.1) is 0 Å². The van der Waals surface area contributed by atoms with Crippen LogP contribution in [0.4, 0.5) is 0 Å². The highest BCUT2D eigenvalue weighted by molar-refractivity contribution is 5.44. The molecule has 0 aliphatic carbocycles. The summed E-state index contributed by atoms with van der Waals surface area (Å²) in [4.78, 5) is 0. The average molecular weight is 306 g/mol. The van der Waals surface area contributed by atoms with Crippen LogP contribution in [0.25, 0.3) is 0 Å². The molecule has 126 valence electrons. The Kier molecular flexibility index (Phi) is 5.59. The van der Waals surface area contributed by atoms with E-state index in [0.717, 1.165) is 23.3 Å². The Balaban J connectivity index is 2.99. The van der Waals surface area contributed by atoms with Crippen LogP contribution in [0, 0.1) is 30.6 Å². The van der Waals surface area contributed by atoms with E-state index in [1.807, 2.05) is 26.0 Å². The second-order valence-electron chi connectivity index (χ2n) is 8.97. The lowest BCUT2D eigenvalue weighted by Crippen LogP contribution is -2.37. The van der Waals surface area contributed by atoms with Gasteiger partial charge in [0.15, 0.2) is 0 Å². The topological polar surface area (TPSA) is 29.5 Å². The summed E-state index contributed by atoms with van der Waals surface area (Å²) < 4.78 is 6.25. The Bertz CT molecular complexity index is 480. The molecule has 0 aromatic heterocycles. The molecule has 0 saturated carbocycles. The third-order valence-electron chi connectivity index (χ3n) is 4.30. The van der Waals surface area contributed by atoms with Gasteiger partial charge < -0.3 is 9.84 Å². The van der Waals surface area contributed by atoms with Crippen molar-refractivity contribution in [3.05, 3.63) is 23.3 Å². The van der Waals surface area contributed by atoms with Gasteiger partial charge in [0.2, 0.25) is 0 Å². The molecule has 0 radical (unpaired) electrons. The van der Waals surface area contributed by atoms with Crippen molar-refractivity contribution < 1.29 is 9.84 Å². The zero-order valence-electron chi connectivity index (χ0n) is 15.9. The van der Waals surface area contributed by atoms with Crippen molar-refractivity contribution in [2.45, 2.75) is 74.8 Å². The summed E-state index contributed by atoms with van der Waals surface area (Å²) in [5, 5.41) is 9.90. The first-order valence-electron chi connectivity index (χ1n) is 8.28. The van der Waals surface area contributed by atoms with Gasteiger partial charge in [-0.1, -0.05) is 41.5 Å². The monoisotopic (exact) mass is 306 g/mol. The molecule has 0 aliphatic heterocycles. The van der Waals surface area contributed by atoms with Crippen LogP contribution in [0.5, 0.6) is 11.5 Å². The minimum atomic E-state index is 0.127. The molecule has 0 heterocycles. The van der Waals surface area contributed by atoms with Gasteiger partial charge in [0.1, 0.15) is 11.5 Å². The summed E-state index contributed by atoms with van der Waals surface area (Å²) in [6.45, 7) is 19.7. The molecule has 0 bridgehead atoms. The predicted octanol–water partition coefficient (Wildman–Crippen LogP) is 5.87. The molecular weight excluding hydrogens is 272 g/mol. The van der Waals surface area contributed by atoms with Gasteiger partial charge in [-0.3, -0.25) is 0 Å². The fourth-order valence-electron chi connectivity index (χ4n) is 3.12. The molecule has 2 heteroatoms. The summed E-state index contributed by atoms with van der Waals surface area (Å²) in [6.07, 6.45) is 1.25. The number of hydrogen-bond acceptors (Lipinski definition) is 2. The largest absolute Gasteiger partial charge is 0.507 e. The van der Waals surface area contributed by atoms with Crippen LogP contribution in [0.15, 0.2) is 12.1 Å². The molecule has 1 rings (SSSR count). The molecule has 0 aliphatic rings. The van der Waals surface area contributed by atoms with Crippen LogP contribution in [0.1, 0.15) is 66.0 Å². The van der Waals surface area contributed by atoms with Crippen molar-refractivity contribution in [1.82, 2.24) is 0 Å². The standard InChI is InChI=1S/C20H34O2/c1-13-10-16(11-14(2)18(13)21)22-15(3)17(20(7,8)9)12-19(4,5)6/h10-11,15,17,21H,12H2,1-9H3. The zero-order chi connectivity index (χ0) is 17.3. The van der Waals surface area contributed by atoms with E-state index in [1.165, 1.54) is 0 Å². The van der Waals surface area contributed by atoms with Crippen molar-refractivity contribution in [3.8, 4) is 11.5 Å². The number of phenols is 1. The van der Waals surface area contributed by atoms with E-state index in [9.17, 15) is 5.11 Å². The maximum Gasteiger partial charge on any atom is 0.121 e. The molecule has 22 heavy (non-hydrogen) atoms. The zero-order valence-corrected chi connectivity index (χ0v) is 15.9. The van der Waals surface area contributed by atoms with Crippen LogP contribution < -0.4 is 4.74 Å². The van der Waals surface area contributed by atoms with E-state index in [1.54, 1.807) is 0 Å². The molecule has 2 unspecified atom stereocenters. The van der Waals surface area contributed by atoms with Crippen molar-refractivity contribution in [3.63, 3.8) is 0 Å². The molecule has 2 atom stereocenters. The first-order chi connectivity index (χ1) is 9.81. The Morgan fingerprint density at radius 3 is 1.82 bits per heavy atom. The van der Waals surface area contributed by atoms with Gasteiger partial charge >= 0.3 is 0 Å². The maximum absolute atomic E-state index is 9.90. The van der Waals surface area contributed by atoms with Crippen molar-refractivity contribution in [2.75, 3.05) is 0 Å². The van der Waals surface area contributed by atoms with Crippen LogP contribution in [0.2, 0.25) is 0 Å². The van der Waals surface area contributed by atoms with E-state index < -0.39 is 0 Å². The Labute approximate surface area is 136 Å². The number of rotatable bonds is 4. The van der Waals surface area contributed by atoms with Crippen molar-refractivity contribution >= 4 is 0 Å². The number of hydrogen-bond donors (Lipinski definition) is 1. The first kappa shape index (κ1) is 18.9. The second kappa shape index (κ2) is 6.52. The molecule has 0 spiro atoms. The Morgan fingerprint density at radius 2 is 1.45 bits per heavy atom.